The van der Waals surface area contributed by atoms with E-state index in [9.17, 15) is 23.9 Å². The number of rotatable bonds is 8. The number of halogens is 1. The van der Waals surface area contributed by atoms with Crippen LogP contribution in [0.1, 0.15) is 37.5 Å². The Bertz CT molecular complexity index is 1080. The molecule has 9 nitrogen and oxygen atoms in total. The van der Waals surface area contributed by atoms with E-state index < -0.39 is 29.3 Å². The lowest BCUT2D eigenvalue weighted by Gasteiger charge is -2.35. The van der Waals surface area contributed by atoms with Crippen molar-refractivity contribution in [1.29, 1.82) is 0 Å². The second kappa shape index (κ2) is 10.0. The quantitative estimate of drug-likeness (QED) is 0.619. The molecular formula is C22H26FN3O6. The molecule has 1 aromatic carbocycles. The van der Waals surface area contributed by atoms with Crippen LogP contribution in [-0.2, 0) is 29.2 Å². The lowest BCUT2D eigenvalue weighted by atomic mass is 10.1. The van der Waals surface area contributed by atoms with Gasteiger partial charge in [0.2, 0.25) is 0 Å². The molecule has 0 bridgehead atoms. The molecule has 1 aliphatic rings. The van der Waals surface area contributed by atoms with Gasteiger partial charge in [-0.2, -0.15) is 0 Å². The number of carbonyl (C=O) groups excluding carboxylic acids is 2. The second-order valence-electron chi connectivity index (χ2n) is 7.50. The van der Waals surface area contributed by atoms with Gasteiger partial charge >= 0.3 is 0 Å². The zero-order chi connectivity index (χ0) is 23.4. The van der Waals surface area contributed by atoms with Crippen LogP contribution >= 0.6 is 0 Å². The average molecular weight is 447 g/mol. The predicted octanol–water partition coefficient (Wildman–Crippen LogP) is 0.793. The number of nitrogens with one attached hydrogen (secondary N) is 1. The molecule has 10 heteroatoms. The molecule has 0 saturated heterocycles. The summed E-state index contributed by atoms with van der Waals surface area (Å²) < 4.78 is 25.0. The highest BCUT2D eigenvalue weighted by Crippen LogP contribution is 2.19. The molecule has 0 saturated carbocycles. The number of aromatic nitrogens is 1. The average Bonchev–Trinajstić information content (AvgIpc) is 2.75. The third-order valence-corrected chi connectivity index (χ3v) is 5.38. The maximum Gasteiger partial charge on any atom is 0.273 e. The summed E-state index contributed by atoms with van der Waals surface area (Å²) in [5, 5.41) is 13.0. The lowest BCUT2D eigenvalue weighted by Crippen LogP contribution is -2.51. The van der Waals surface area contributed by atoms with E-state index >= 15 is 0 Å². The van der Waals surface area contributed by atoms with E-state index in [0.717, 1.165) is 0 Å². The molecule has 32 heavy (non-hydrogen) atoms. The van der Waals surface area contributed by atoms with Crippen molar-refractivity contribution < 1.29 is 28.6 Å². The summed E-state index contributed by atoms with van der Waals surface area (Å²) in [6.45, 7) is 2.14. The summed E-state index contributed by atoms with van der Waals surface area (Å²) in [6.07, 6.45) is 0.175. The summed E-state index contributed by atoms with van der Waals surface area (Å²) in [5.41, 5.74) is 0.771. The number of nitrogens with zero attached hydrogens (tertiary/aromatic N) is 2. The molecule has 1 aliphatic heterocycles. The van der Waals surface area contributed by atoms with Gasteiger partial charge in [-0.05, 0) is 30.2 Å². The number of amides is 2. The first kappa shape index (κ1) is 23.6. The Kier molecular flexibility index (Phi) is 7.39. The highest BCUT2D eigenvalue weighted by Gasteiger charge is 2.33. The topological polar surface area (TPSA) is 110 Å². The van der Waals surface area contributed by atoms with Gasteiger partial charge in [0.05, 0.1) is 19.8 Å². The summed E-state index contributed by atoms with van der Waals surface area (Å²) >= 11 is 0. The van der Waals surface area contributed by atoms with Crippen LogP contribution in [0.25, 0.3) is 0 Å². The Balaban J connectivity index is 1.85. The van der Waals surface area contributed by atoms with Crippen molar-refractivity contribution in [2.75, 3.05) is 27.4 Å². The van der Waals surface area contributed by atoms with Crippen molar-refractivity contribution in [2.24, 2.45) is 0 Å². The maximum absolute atomic E-state index is 13.5. The maximum atomic E-state index is 13.5. The van der Waals surface area contributed by atoms with Crippen LogP contribution in [0.5, 0.6) is 0 Å². The fourth-order valence-corrected chi connectivity index (χ4v) is 3.71. The Morgan fingerprint density at radius 3 is 2.69 bits per heavy atom. The summed E-state index contributed by atoms with van der Waals surface area (Å²) in [5.74, 6) is -1.55. The standard InChI is InChI=1S/C22H26FN3O6/c1-13-19-22(30)26(6-7-31-2)18(27)11-25(19)10-17(20(13)28)21(29)24-9-14-4-5-16(23)8-15(14)12-32-3/h4-5,8,10,18,27H,6-7,9,11-12H2,1-3H3,(H,24,29). The van der Waals surface area contributed by atoms with Crippen LogP contribution in [0.4, 0.5) is 4.39 Å². The minimum atomic E-state index is -1.11. The lowest BCUT2D eigenvalue weighted by molar-refractivity contribution is -0.0203. The van der Waals surface area contributed by atoms with Crippen molar-refractivity contribution in [3.63, 3.8) is 0 Å². The Labute approximate surface area is 184 Å². The van der Waals surface area contributed by atoms with Crippen LogP contribution < -0.4 is 10.7 Å². The van der Waals surface area contributed by atoms with Gasteiger partial charge in [0, 0.05) is 39.1 Å². The first-order valence-electron chi connectivity index (χ1n) is 10.0. The van der Waals surface area contributed by atoms with Crippen LogP contribution in [0.15, 0.2) is 29.2 Å². The van der Waals surface area contributed by atoms with E-state index in [-0.39, 0.29) is 49.7 Å². The van der Waals surface area contributed by atoms with Crippen molar-refractivity contribution >= 4 is 11.8 Å². The highest BCUT2D eigenvalue weighted by atomic mass is 19.1. The van der Waals surface area contributed by atoms with Gasteiger partial charge in [-0.15, -0.1) is 0 Å². The van der Waals surface area contributed by atoms with E-state index in [0.29, 0.717) is 11.1 Å². The zero-order valence-corrected chi connectivity index (χ0v) is 18.2. The predicted molar refractivity (Wildman–Crippen MR) is 113 cm³/mol. The number of ether oxygens (including phenoxy) is 2. The number of hydrogen-bond donors (Lipinski definition) is 2. The van der Waals surface area contributed by atoms with E-state index in [1.807, 2.05) is 0 Å². The molecule has 2 amide bonds. The third kappa shape index (κ3) is 4.72. The summed E-state index contributed by atoms with van der Waals surface area (Å²) in [4.78, 5) is 39.7. The van der Waals surface area contributed by atoms with Gasteiger partial charge in [-0.3, -0.25) is 14.4 Å². The number of pyridine rings is 1. The molecular weight excluding hydrogens is 421 g/mol. The van der Waals surface area contributed by atoms with E-state index in [1.165, 1.54) is 48.9 Å². The van der Waals surface area contributed by atoms with Gasteiger partial charge in [0.25, 0.3) is 11.8 Å². The minimum absolute atomic E-state index is 0.0160. The van der Waals surface area contributed by atoms with Gasteiger partial charge in [0.1, 0.15) is 23.3 Å². The normalized spacial score (nSPS) is 15.6. The smallest absolute Gasteiger partial charge is 0.273 e. The molecule has 2 N–H and O–H groups in total. The minimum Gasteiger partial charge on any atom is -0.383 e. The molecule has 1 unspecified atom stereocenters. The Morgan fingerprint density at radius 2 is 2.00 bits per heavy atom. The second-order valence-corrected chi connectivity index (χ2v) is 7.50. The van der Waals surface area contributed by atoms with E-state index in [4.69, 9.17) is 9.47 Å². The molecule has 2 aromatic rings. The van der Waals surface area contributed by atoms with Gasteiger partial charge in [-0.25, -0.2) is 4.39 Å². The van der Waals surface area contributed by atoms with Gasteiger partial charge in [0.15, 0.2) is 5.43 Å². The van der Waals surface area contributed by atoms with E-state index in [1.54, 1.807) is 6.07 Å². The zero-order valence-electron chi connectivity index (χ0n) is 18.2. The molecule has 0 aliphatic carbocycles. The molecule has 1 atom stereocenters. The van der Waals surface area contributed by atoms with Gasteiger partial charge in [-0.1, -0.05) is 6.07 Å². The van der Waals surface area contributed by atoms with Gasteiger partial charge < -0.3 is 29.4 Å². The highest BCUT2D eigenvalue weighted by molar-refractivity contribution is 5.98. The molecule has 2 heterocycles. The monoisotopic (exact) mass is 447 g/mol. The van der Waals surface area contributed by atoms with Crippen LogP contribution in [0, 0.1) is 12.7 Å². The van der Waals surface area contributed by atoms with Crippen LogP contribution in [0.3, 0.4) is 0 Å². The summed E-state index contributed by atoms with van der Waals surface area (Å²) in [6, 6.07) is 4.14. The Morgan fingerprint density at radius 1 is 1.25 bits per heavy atom. The SMILES string of the molecule is COCCN1C(=O)c2c(C)c(=O)c(C(=O)NCc3ccc(F)cc3COC)cn2CC1O. The van der Waals surface area contributed by atoms with Crippen molar-refractivity contribution in [1.82, 2.24) is 14.8 Å². The largest absolute Gasteiger partial charge is 0.383 e. The van der Waals surface area contributed by atoms with Crippen molar-refractivity contribution in [3.05, 3.63) is 68.4 Å². The van der Waals surface area contributed by atoms with E-state index in [2.05, 4.69) is 5.32 Å². The number of methoxy groups -OCH3 is 2. The van der Waals surface area contributed by atoms with Crippen molar-refractivity contribution in [3.8, 4) is 0 Å². The first-order valence-corrected chi connectivity index (χ1v) is 10.0. The molecule has 0 radical (unpaired) electrons. The fourth-order valence-electron chi connectivity index (χ4n) is 3.71. The van der Waals surface area contributed by atoms with Crippen molar-refractivity contribution in [2.45, 2.75) is 32.8 Å². The molecule has 0 spiro atoms. The molecule has 3 rings (SSSR count). The number of benzene rings is 1. The fraction of sp³-hybridized carbons (Fsp3) is 0.409. The number of aliphatic hydroxyl groups is 1. The number of fused-ring (bicyclic) bond motifs is 1. The molecule has 0 fully saturated rings. The number of hydrogen-bond acceptors (Lipinski definition) is 6. The molecule has 172 valence electrons. The molecule has 1 aromatic heterocycles. The number of carbonyl (C=O) groups is 2. The summed E-state index contributed by atoms with van der Waals surface area (Å²) in [7, 11) is 2.97. The first-order chi connectivity index (χ1) is 15.3. The van der Waals surface area contributed by atoms with Crippen LogP contribution in [-0.4, -0.2) is 60.0 Å². The Hall–Kier alpha value is -3.08. The van der Waals surface area contributed by atoms with Crippen LogP contribution in [0.2, 0.25) is 0 Å². The third-order valence-electron chi connectivity index (χ3n) is 5.38. The number of aliphatic hydroxyl groups excluding tert-OH is 1.